The molecule has 19 heavy (non-hydrogen) atoms. The lowest BCUT2D eigenvalue weighted by Crippen LogP contribution is -2.14. The fraction of sp³-hybridized carbons (Fsp3) is 0. The van der Waals surface area contributed by atoms with Gasteiger partial charge in [-0.05, 0) is 36.4 Å². The zero-order valence-corrected chi connectivity index (χ0v) is 9.92. The van der Waals surface area contributed by atoms with Gasteiger partial charge in [0.05, 0.1) is 17.2 Å². The average Bonchev–Trinajstić information content (AvgIpc) is 2.41. The number of phenols is 1. The molecule has 0 unspecified atom stereocenters. The number of nitrogen functional groups attached to an aromatic ring is 1. The highest BCUT2D eigenvalue weighted by atomic mass is 16.3. The van der Waals surface area contributed by atoms with E-state index in [4.69, 9.17) is 11.0 Å². The summed E-state index contributed by atoms with van der Waals surface area (Å²) in [6, 6.07) is 12.7. The van der Waals surface area contributed by atoms with Gasteiger partial charge >= 0.3 is 0 Å². The first-order chi connectivity index (χ1) is 9.10. The number of aromatic hydroxyl groups is 1. The number of nitrogens with zero attached hydrogens (tertiary/aromatic N) is 1. The Hall–Kier alpha value is -3.00. The van der Waals surface area contributed by atoms with Crippen LogP contribution in [0.1, 0.15) is 15.9 Å². The van der Waals surface area contributed by atoms with E-state index < -0.39 is 5.91 Å². The topological polar surface area (TPSA) is 99.1 Å². The zero-order valence-electron chi connectivity index (χ0n) is 9.92. The maximum atomic E-state index is 12.0. The van der Waals surface area contributed by atoms with E-state index in [-0.39, 0.29) is 17.0 Å². The SMILES string of the molecule is N#Cc1cccc(NC(=O)c2cc(O)ccc2N)c1. The van der Waals surface area contributed by atoms with Gasteiger partial charge in [-0.25, -0.2) is 0 Å². The summed E-state index contributed by atoms with van der Waals surface area (Å²) in [7, 11) is 0. The Balaban J connectivity index is 2.26. The number of carbonyl (C=O) groups excluding carboxylic acids is 1. The highest BCUT2D eigenvalue weighted by Gasteiger charge is 2.11. The molecule has 5 heteroatoms. The summed E-state index contributed by atoms with van der Waals surface area (Å²) in [5.74, 6) is -0.478. The molecule has 0 atom stereocenters. The molecule has 0 aromatic heterocycles. The Kier molecular flexibility index (Phi) is 3.35. The molecule has 2 aromatic rings. The number of hydrogen-bond donors (Lipinski definition) is 3. The second kappa shape index (κ2) is 5.10. The van der Waals surface area contributed by atoms with E-state index in [0.717, 1.165) is 0 Å². The van der Waals surface area contributed by atoms with Crippen LogP contribution in [-0.4, -0.2) is 11.0 Å². The molecule has 0 bridgehead atoms. The second-order valence-corrected chi connectivity index (χ2v) is 3.92. The third-order valence-electron chi connectivity index (χ3n) is 2.53. The van der Waals surface area contributed by atoms with Crippen LogP contribution < -0.4 is 11.1 Å². The maximum absolute atomic E-state index is 12.0. The highest BCUT2D eigenvalue weighted by molar-refractivity contribution is 6.08. The fourth-order valence-corrected chi connectivity index (χ4v) is 1.61. The lowest BCUT2D eigenvalue weighted by molar-refractivity contribution is 0.102. The third-order valence-corrected chi connectivity index (χ3v) is 2.53. The van der Waals surface area contributed by atoms with E-state index in [1.807, 2.05) is 6.07 Å². The Morgan fingerprint density at radius 2 is 2.05 bits per heavy atom. The molecule has 2 aromatic carbocycles. The van der Waals surface area contributed by atoms with Gasteiger partial charge in [0.15, 0.2) is 0 Å². The van der Waals surface area contributed by atoms with E-state index >= 15 is 0 Å². The van der Waals surface area contributed by atoms with Crippen molar-refractivity contribution in [2.45, 2.75) is 0 Å². The molecule has 2 rings (SSSR count). The van der Waals surface area contributed by atoms with Gasteiger partial charge in [-0.3, -0.25) is 4.79 Å². The standard InChI is InChI=1S/C14H11N3O2/c15-8-9-2-1-3-10(6-9)17-14(19)12-7-11(18)4-5-13(12)16/h1-7,18H,16H2,(H,17,19). The predicted molar refractivity (Wildman–Crippen MR) is 71.6 cm³/mol. The molecule has 94 valence electrons. The van der Waals surface area contributed by atoms with Crippen LogP contribution >= 0.6 is 0 Å². The molecule has 5 nitrogen and oxygen atoms in total. The number of carbonyl (C=O) groups is 1. The van der Waals surface area contributed by atoms with Crippen molar-refractivity contribution in [3.8, 4) is 11.8 Å². The minimum absolute atomic E-state index is 0.0369. The van der Waals surface area contributed by atoms with Crippen molar-refractivity contribution in [3.05, 3.63) is 53.6 Å². The van der Waals surface area contributed by atoms with E-state index in [0.29, 0.717) is 11.3 Å². The first-order valence-electron chi connectivity index (χ1n) is 5.50. The average molecular weight is 253 g/mol. The Labute approximate surface area is 109 Å². The van der Waals surface area contributed by atoms with Crippen molar-refractivity contribution in [3.63, 3.8) is 0 Å². The summed E-state index contributed by atoms with van der Waals surface area (Å²) in [6.07, 6.45) is 0. The molecule has 0 heterocycles. The number of amides is 1. The van der Waals surface area contributed by atoms with Gasteiger partial charge < -0.3 is 16.2 Å². The van der Waals surface area contributed by atoms with Crippen molar-refractivity contribution in [2.75, 3.05) is 11.1 Å². The van der Waals surface area contributed by atoms with Crippen LogP contribution in [0.5, 0.6) is 5.75 Å². The Morgan fingerprint density at radius 1 is 1.26 bits per heavy atom. The van der Waals surface area contributed by atoms with E-state index in [1.165, 1.54) is 18.2 Å². The van der Waals surface area contributed by atoms with Crippen molar-refractivity contribution >= 4 is 17.3 Å². The van der Waals surface area contributed by atoms with E-state index in [9.17, 15) is 9.90 Å². The van der Waals surface area contributed by atoms with Gasteiger partial charge in [0.25, 0.3) is 5.91 Å². The van der Waals surface area contributed by atoms with Crippen LogP contribution in [0, 0.1) is 11.3 Å². The first-order valence-corrected chi connectivity index (χ1v) is 5.50. The summed E-state index contributed by atoms with van der Waals surface area (Å²) in [5, 5.41) is 20.8. The number of nitriles is 1. The molecule has 0 aliphatic carbocycles. The maximum Gasteiger partial charge on any atom is 0.257 e. The molecule has 0 saturated heterocycles. The third kappa shape index (κ3) is 2.82. The van der Waals surface area contributed by atoms with Gasteiger partial charge in [-0.15, -0.1) is 0 Å². The zero-order chi connectivity index (χ0) is 13.8. The molecule has 4 N–H and O–H groups in total. The van der Waals surface area contributed by atoms with Gasteiger partial charge in [0.1, 0.15) is 5.75 Å². The van der Waals surface area contributed by atoms with Crippen LogP contribution in [0.15, 0.2) is 42.5 Å². The van der Waals surface area contributed by atoms with Crippen LogP contribution in [0.25, 0.3) is 0 Å². The minimum atomic E-state index is -0.441. The summed E-state index contributed by atoms with van der Waals surface area (Å²) >= 11 is 0. The predicted octanol–water partition coefficient (Wildman–Crippen LogP) is 2.10. The van der Waals surface area contributed by atoms with Crippen molar-refractivity contribution in [1.29, 1.82) is 5.26 Å². The van der Waals surface area contributed by atoms with Gasteiger partial charge in [-0.2, -0.15) is 5.26 Å². The molecular formula is C14H11N3O2. The summed E-state index contributed by atoms with van der Waals surface area (Å²) < 4.78 is 0. The Bertz CT molecular complexity index is 675. The number of phenolic OH excluding ortho intramolecular Hbond substituents is 1. The molecule has 1 amide bonds. The highest BCUT2D eigenvalue weighted by Crippen LogP contribution is 2.20. The number of rotatable bonds is 2. The molecule has 0 spiro atoms. The van der Waals surface area contributed by atoms with Crippen LogP contribution in [-0.2, 0) is 0 Å². The largest absolute Gasteiger partial charge is 0.508 e. The summed E-state index contributed by atoms with van der Waals surface area (Å²) in [6.45, 7) is 0. The number of benzene rings is 2. The first kappa shape index (κ1) is 12.5. The minimum Gasteiger partial charge on any atom is -0.508 e. The van der Waals surface area contributed by atoms with E-state index in [1.54, 1.807) is 24.3 Å². The smallest absolute Gasteiger partial charge is 0.257 e. The molecule has 0 saturated carbocycles. The van der Waals surface area contributed by atoms with Gasteiger partial charge in [0.2, 0.25) is 0 Å². The van der Waals surface area contributed by atoms with Gasteiger partial charge in [0, 0.05) is 11.4 Å². The molecule has 0 fully saturated rings. The van der Waals surface area contributed by atoms with Crippen LogP contribution in [0.2, 0.25) is 0 Å². The number of anilines is 2. The Morgan fingerprint density at radius 3 is 2.79 bits per heavy atom. The van der Waals surface area contributed by atoms with Crippen molar-refractivity contribution in [1.82, 2.24) is 0 Å². The summed E-state index contributed by atoms with van der Waals surface area (Å²) in [4.78, 5) is 12.0. The molecule has 0 radical (unpaired) electrons. The molecule has 0 aliphatic heterocycles. The van der Waals surface area contributed by atoms with Crippen LogP contribution in [0.4, 0.5) is 11.4 Å². The van der Waals surface area contributed by atoms with Gasteiger partial charge in [-0.1, -0.05) is 6.07 Å². The lowest BCUT2D eigenvalue weighted by atomic mass is 10.1. The lowest BCUT2D eigenvalue weighted by Gasteiger charge is -2.08. The fourth-order valence-electron chi connectivity index (χ4n) is 1.61. The summed E-state index contributed by atoms with van der Waals surface area (Å²) in [5.41, 5.74) is 7.07. The van der Waals surface area contributed by atoms with E-state index in [2.05, 4.69) is 5.32 Å². The quantitative estimate of drug-likeness (QED) is 0.563. The monoisotopic (exact) mass is 253 g/mol. The number of hydrogen-bond acceptors (Lipinski definition) is 4. The van der Waals surface area contributed by atoms with Crippen LogP contribution in [0.3, 0.4) is 0 Å². The number of nitrogens with one attached hydrogen (secondary N) is 1. The van der Waals surface area contributed by atoms with Crippen molar-refractivity contribution < 1.29 is 9.90 Å². The second-order valence-electron chi connectivity index (χ2n) is 3.92. The molecule has 0 aliphatic rings. The van der Waals surface area contributed by atoms with Crippen molar-refractivity contribution in [2.24, 2.45) is 0 Å². The normalized spacial score (nSPS) is 9.63. The molecular weight excluding hydrogens is 242 g/mol. The number of nitrogens with two attached hydrogens (primary N) is 1.